The van der Waals surface area contributed by atoms with Crippen molar-refractivity contribution in [3.63, 3.8) is 0 Å². The van der Waals surface area contributed by atoms with Crippen LogP contribution in [0.3, 0.4) is 0 Å². The number of amides is 2. The normalized spacial score (nSPS) is 21.1. The van der Waals surface area contributed by atoms with Crippen LogP contribution < -0.4 is 10.1 Å². The summed E-state index contributed by atoms with van der Waals surface area (Å²) in [6.45, 7) is 2.90. The van der Waals surface area contributed by atoms with E-state index in [2.05, 4.69) is 5.32 Å². The first-order chi connectivity index (χ1) is 10.7. The SMILES string of the molecule is O=C(Nc1cc(Cl)ccc1OC[C@H]1CCCO1)N1CCCC1. The molecular weight excluding hydrogens is 304 g/mol. The van der Waals surface area contributed by atoms with Gasteiger partial charge in [0.15, 0.2) is 0 Å². The number of hydrogen-bond donors (Lipinski definition) is 1. The predicted molar refractivity (Wildman–Crippen MR) is 85.7 cm³/mol. The number of nitrogens with one attached hydrogen (secondary N) is 1. The van der Waals surface area contributed by atoms with Gasteiger partial charge in [0.1, 0.15) is 12.4 Å². The van der Waals surface area contributed by atoms with Crippen LogP contribution in [-0.2, 0) is 4.74 Å². The van der Waals surface area contributed by atoms with E-state index in [9.17, 15) is 4.79 Å². The molecule has 1 aromatic carbocycles. The Balaban J connectivity index is 1.65. The van der Waals surface area contributed by atoms with Crippen molar-refractivity contribution in [1.29, 1.82) is 0 Å². The molecule has 120 valence electrons. The zero-order chi connectivity index (χ0) is 15.4. The molecule has 1 aromatic rings. The Morgan fingerprint density at radius 1 is 1.36 bits per heavy atom. The minimum absolute atomic E-state index is 0.0956. The highest BCUT2D eigenvalue weighted by molar-refractivity contribution is 6.31. The van der Waals surface area contributed by atoms with Gasteiger partial charge in [0.05, 0.1) is 11.8 Å². The Morgan fingerprint density at radius 3 is 2.91 bits per heavy atom. The molecule has 0 aromatic heterocycles. The molecule has 22 heavy (non-hydrogen) atoms. The lowest BCUT2D eigenvalue weighted by molar-refractivity contribution is 0.0682. The maximum atomic E-state index is 12.2. The Labute approximate surface area is 135 Å². The summed E-state index contributed by atoms with van der Waals surface area (Å²) < 4.78 is 11.4. The number of benzene rings is 1. The zero-order valence-corrected chi connectivity index (χ0v) is 13.3. The van der Waals surface area contributed by atoms with Crippen LogP contribution in [-0.4, -0.2) is 43.3 Å². The topological polar surface area (TPSA) is 50.8 Å². The molecule has 0 bridgehead atoms. The molecule has 0 unspecified atom stereocenters. The number of carbonyl (C=O) groups excluding carboxylic acids is 1. The first-order valence-corrected chi connectivity index (χ1v) is 8.20. The van der Waals surface area contributed by atoms with Gasteiger partial charge in [-0.3, -0.25) is 0 Å². The lowest BCUT2D eigenvalue weighted by Crippen LogP contribution is -2.32. The maximum absolute atomic E-state index is 12.2. The molecule has 0 radical (unpaired) electrons. The van der Waals surface area contributed by atoms with Crippen LogP contribution in [0, 0.1) is 0 Å². The second-order valence-corrected chi connectivity index (χ2v) is 6.15. The zero-order valence-electron chi connectivity index (χ0n) is 12.5. The van der Waals surface area contributed by atoms with Crippen molar-refractivity contribution in [1.82, 2.24) is 4.90 Å². The van der Waals surface area contributed by atoms with E-state index in [1.807, 2.05) is 4.90 Å². The fraction of sp³-hybridized carbons (Fsp3) is 0.562. The minimum Gasteiger partial charge on any atom is -0.489 e. The van der Waals surface area contributed by atoms with Gasteiger partial charge in [0.25, 0.3) is 0 Å². The number of anilines is 1. The van der Waals surface area contributed by atoms with Crippen molar-refractivity contribution in [3.8, 4) is 5.75 Å². The summed E-state index contributed by atoms with van der Waals surface area (Å²) in [7, 11) is 0. The molecule has 2 heterocycles. The molecule has 2 saturated heterocycles. The summed E-state index contributed by atoms with van der Waals surface area (Å²) in [5.41, 5.74) is 0.613. The number of rotatable bonds is 4. The van der Waals surface area contributed by atoms with Crippen molar-refractivity contribution in [2.45, 2.75) is 31.8 Å². The molecule has 6 heteroatoms. The molecule has 0 spiro atoms. The fourth-order valence-corrected chi connectivity index (χ4v) is 2.97. The summed E-state index contributed by atoms with van der Waals surface area (Å²) in [4.78, 5) is 14.0. The quantitative estimate of drug-likeness (QED) is 0.921. The summed E-state index contributed by atoms with van der Waals surface area (Å²) in [6, 6.07) is 5.18. The highest BCUT2D eigenvalue weighted by Crippen LogP contribution is 2.29. The number of urea groups is 1. The van der Waals surface area contributed by atoms with Crippen LogP contribution in [0.25, 0.3) is 0 Å². The van der Waals surface area contributed by atoms with Gasteiger partial charge in [-0.25, -0.2) is 4.79 Å². The van der Waals surface area contributed by atoms with Crippen LogP contribution in [0.15, 0.2) is 18.2 Å². The largest absolute Gasteiger partial charge is 0.489 e. The van der Waals surface area contributed by atoms with Crippen LogP contribution in [0.1, 0.15) is 25.7 Å². The van der Waals surface area contributed by atoms with Crippen LogP contribution in [0.5, 0.6) is 5.75 Å². The lowest BCUT2D eigenvalue weighted by atomic mass is 10.2. The summed E-state index contributed by atoms with van der Waals surface area (Å²) >= 11 is 6.04. The second kappa shape index (κ2) is 7.20. The van der Waals surface area contributed by atoms with Gasteiger partial charge < -0.3 is 19.7 Å². The van der Waals surface area contributed by atoms with Crippen LogP contribution >= 0.6 is 11.6 Å². The molecule has 0 saturated carbocycles. The van der Waals surface area contributed by atoms with Gasteiger partial charge in [-0.15, -0.1) is 0 Å². The van der Waals surface area contributed by atoms with Crippen LogP contribution in [0.2, 0.25) is 5.02 Å². The predicted octanol–water partition coefficient (Wildman–Crippen LogP) is 3.53. The summed E-state index contributed by atoms with van der Waals surface area (Å²) in [6.07, 6.45) is 4.35. The summed E-state index contributed by atoms with van der Waals surface area (Å²) in [5, 5.41) is 3.48. The number of halogens is 1. The molecule has 3 rings (SSSR count). The highest BCUT2D eigenvalue weighted by Gasteiger charge is 2.20. The molecule has 5 nitrogen and oxygen atoms in total. The van der Waals surface area contributed by atoms with E-state index in [-0.39, 0.29) is 12.1 Å². The van der Waals surface area contributed by atoms with E-state index in [1.165, 1.54) is 0 Å². The van der Waals surface area contributed by atoms with E-state index in [0.29, 0.717) is 23.1 Å². The molecule has 2 aliphatic heterocycles. The van der Waals surface area contributed by atoms with Crippen molar-refractivity contribution in [3.05, 3.63) is 23.2 Å². The van der Waals surface area contributed by atoms with E-state index >= 15 is 0 Å². The molecule has 2 amide bonds. The average Bonchev–Trinajstić information content (AvgIpc) is 3.20. The van der Waals surface area contributed by atoms with Crippen LogP contribution in [0.4, 0.5) is 10.5 Å². The van der Waals surface area contributed by atoms with E-state index in [1.54, 1.807) is 18.2 Å². The number of likely N-dealkylation sites (tertiary alicyclic amines) is 1. The third-order valence-electron chi connectivity index (χ3n) is 4.03. The molecule has 1 N–H and O–H groups in total. The standard InChI is InChI=1S/C16H21ClN2O3/c17-12-5-6-15(22-11-13-4-3-9-21-13)14(10-12)18-16(20)19-7-1-2-8-19/h5-6,10,13H,1-4,7-9,11H2,(H,18,20)/t13-/m1/s1. The van der Waals surface area contributed by atoms with Crippen molar-refractivity contribution in [2.75, 3.05) is 31.6 Å². The molecular formula is C16H21ClN2O3. The second-order valence-electron chi connectivity index (χ2n) is 5.71. The maximum Gasteiger partial charge on any atom is 0.321 e. The molecule has 1 atom stereocenters. The Kier molecular flexibility index (Phi) is 5.05. The van der Waals surface area contributed by atoms with E-state index in [0.717, 1.165) is 45.4 Å². The number of nitrogens with zero attached hydrogens (tertiary/aromatic N) is 1. The van der Waals surface area contributed by atoms with Crippen molar-refractivity contribution in [2.24, 2.45) is 0 Å². The first kappa shape index (κ1) is 15.4. The van der Waals surface area contributed by atoms with E-state index in [4.69, 9.17) is 21.1 Å². The van der Waals surface area contributed by atoms with Gasteiger partial charge >= 0.3 is 6.03 Å². The van der Waals surface area contributed by atoms with Gasteiger partial charge in [-0.1, -0.05) is 11.6 Å². The first-order valence-electron chi connectivity index (χ1n) is 7.82. The molecule has 2 aliphatic rings. The Bertz CT molecular complexity index is 526. The highest BCUT2D eigenvalue weighted by atomic mass is 35.5. The fourth-order valence-electron chi connectivity index (χ4n) is 2.80. The third kappa shape index (κ3) is 3.84. The Morgan fingerprint density at radius 2 is 2.18 bits per heavy atom. The lowest BCUT2D eigenvalue weighted by Gasteiger charge is -2.19. The number of hydrogen-bond acceptors (Lipinski definition) is 3. The monoisotopic (exact) mass is 324 g/mol. The minimum atomic E-state index is -0.0956. The summed E-state index contributed by atoms with van der Waals surface area (Å²) in [5.74, 6) is 0.632. The van der Waals surface area contributed by atoms with Gasteiger partial charge in [-0.2, -0.15) is 0 Å². The van der Waals surface area contributed by atoms with Gasteiger partial charge in [0, 0.05) is 24.7 Å². The molecule has 0 aliphatic carbocycles. The number of carbonyl (C=O) groups is 1. The van der Waals surface area contributed by atoms with Gasteiger partial charge in [-0.05, 0) is 43.9 Å². The van der Waals surface area contributed by atoms with Crippen molar-refractivity contribution >= 4 is 23.3 Å². The van der Waals surface area contributed by atoms with Gasteiger partial charge in [0.2, 0.25) is 0 Å². The van der Waals surface area contributed by atoms with Crippen molar-refractivity contribution < 1.29 is 14.3 Å². The molecule has 2 fully saturated rings. The van der Waals surface area contributed by atoms with E-state index < -0.39 is 0 Å². The third-order valence-corrected chi connectivity index (χ3v) is 4.26. The number of ether oxygens (including phenoxy) is 2. The smallest absolute Gasteiger partial charge is 0.321 e. The Hall–Kier alpha value is -1.46. The average molecular weight is 325 g/mol.